The molecule has 0 aromatic heterocycles. The number of rotatable bonds is 8. The lowest BCUT2D eigenvalue weighted by molar-refractivity contribution is 0.904. The maximum Gasteiger partial charge on any atom is -0.0281 e. The van der Waals surface area contributed by atoms with Crippen LogP contribution in [0.4, 0.5) is 0 Å². The average molecular weight is 325 g/mol. The van der Waals surface area contributed by atoms with Crippen molar-refractivity contribution in [3.05, 3.63) is 70.8 Å². The molecule has 0 radical (unpaired) electrons. The van der Waals surface area contributed by atoms with Crippen LogP contribution >= 0.6 is 0 Å². The highest BCUT2D eigenvalue weighted by Gasteiger charge is 1.93. The standard InChI is InChI=1S/2C12H18/c2*1-3-5-11-7-9-12(6-4-2)10-8-11/h2*7-10H,3-6H2,1-2H3. The highest BCUT2D eigenvalue weighted by Crippen LogP contribution is 2.09. The SMILES string of the molecule is CCCc1ccc(CCC)cc1.CCCc1ccc(CCC)cc1. The molecule has 0 aliphatic carbocycles. The summed E-state index contributed by atoms with van der Waals surface area (Å²) in [6.07, 6.45) is 9.83. The first-order valence-electron chi connectivity index (χ1n) is 9.89. The second-order valence-corrected chi connectivity index (χ2v) is 6.63. The molecule has 0 unspecified atom stereocenters. The molecule has 0 saturated carbocycles. The fourth-order valence-electron chi connectivity index (χ4n) is 2.90. The Kier molecular flexibility index (Phi) is 10.9. The summed E-state index contributed by atoms with van der Waals surface area (Å²) in [7, 11) is 0. The van der Waals surface area contributed by atoms with E-state index in [1.54, 1.807) is 0 Å². The van der Waals surface area contributed by atoms with Crippen molar-refractivity contribution in [3.8, 4) is 0 Å². The average Bonchev–Trinajstić information content (AvgIpc) is 2.60. The van der Waals surface area contributed by atoms with Gasteiger partial charge in [0.05, 0.1) is 0 Å². The quantitative estimate of drug-likeness (QED) is 0.482. The van der Waals surface area contributed by atoms with E-state index in [0.717, 1.165) is 0 Å². The van der Waals surface area contributed by atoms with E-state index in [2.05, 4.69) is 76.2 Å². The third-order valence-corrected chi connectivity index (χ3v) is 4.20. The fraction of sp³-hybridized carbons (Fsp3) is 0.500. The van der Waals surface area contributed by atoms with Crippen LogP contribution in [0.3, 0.4) is 0 Å². The Bertz CT molecular complexity index is 417. The van der Waals surface area contributed by atoms with Gasteiger partial charge in [0.1, 0.15) is 0 Å². The van der Waals surface area contributed by atoms with Crippen molar-refractivity contribution < 1.29 is 0 Å². The van der Waals surface area contributed by atoms with E-state index in [-0.39, 0.29) is 0 Å². The Morgan fingerprint density at radius 3 is 0.667 bits per heavy atom. The van der Waals surface area contributed by atoms with E-state index in [9.17, 15) is 0 Å². The summed E-state index contributed by atoms with van der Waals surface area (Å²) >= 11 is 0. The van der Waals surface area contributed by atoms with Crippen molar-refractivity contribution in [1.82, 2.24) is 0 Å². The van der Waals surface area contributed by atoms with Gasteiger partial charge in [-0.15, -0.1) is 0 Å². The lowest BCUT2D eigenvalue weighted by Gasteiger charge is -2.01. The lowest BCUT2D eigenvalue weighted by atomic mass is 10.1. The van der Waals surface area contributed by atoms with Gasteiger partial charge in [0.25, 0.3) is 0 Å². The Morgan fingerprint density at radius 2 is 0.542 bits per heavy atom. The smallest absolute Gasteiger partial charge is 0.0281 e. The monoisotopic (exact) mass is 324 g/mol. The number of aryl methyl sites for hydroxylation is 4. The van der Waals surface area contributed by atoms with Gasteiger partial charge in [0.15, 0.2) is 0 Å². The predicted molar refractivity (Wildman–Crippen MR) is 109 cm³/mol. The number of benzene rings is 2. The van der Waals surface area contributed by atoms with E-state index in [4.69, 9.17) is 0 Å². The Labute approximate surface area is 150 Å². The van der Waals surface area contributed by atoms with Crippen LogP contribution < -0.4 is 0 Å². The fourth-order valence-corrected chi connectivity index (χ4v) is 2.90. The zero-order chi connectivity index (χ0) is 17.6. The highest BCUT2D eigenvalue weighted by molar-refractivity contribution is 5.23. The Balaban J connectivity index is 0.000000240. The molecular formula is C24H36. The highest BCUT2D eigenvalue weighted by atomic mass is 14.0. The molecule has 0 bridgehead atoms. The van der Waals surface area contributed by atoms with Gasteiger partial charge in [-0.3, -0.25) is 0 Å². The summed E-state index contributed by atoms with van der Waals surface area (Å²) in [5.74, 6) is 0. The van der Waals surface area contributed by atoms with Gasteiger partial charge in [-0.2, -0.15) is 0 Å². The maximum atomic E-state index is 2.26. The van der Waals surface area contributed by atoms with Crippen molar-refractivity contribution in [1.29, 1.82) is 0 Å². The summed E-state index contributed by atoms with van der Waals surface area (Å²) < 4.78 is 0. The van der Waals surface area contributed by atoms with Gasteiger partial charge in [-0.1, -0.05) is 102 Å². The predicted octanol–water partition coefficient (Wildman–Crippen LogP) is 7.18. The minimum absolute atomic E-state index is 1.21. The third kappa shape index (κ3) is 8.34. The Morgan fingerprint density at radius 1 is 0.375 bits per heavy atom. The molecule has 0 amide bonds. The summed E-state index contributed by atoms with van der Waals surface area (Å²) in [4.78, 5) is 0. The summed E-state index contributed by atoms with van der Waals surface area (Å²) in [5, 5.41) is 0. The summed E-state index contributed by atoms with van der Waals surface area (Å²) in [6, 6.07) is 18.1. The molecule has 0 fully saturated rings. The van der Waals surface area contributed by atoms with Gasteiger partial charge in [0.2, 0.25) is 0 Å². The van der Waals surface area contributed by atoms with Crippen molar-refractivity contribution in [2.75, 3.05) is 0 Å². The first-order chi connectivity index (χ1) is 11.7. The van der Waals surface area contributed by atoms with Crippen molar-refractivity contribution in [3.63, 3.8) is 0 Å². The van der Waals surface area contributed by atoms with Crippen LogP contribution in [0.1, 0.15) is 75.6 Å². The van der Waals surface area contributed by atoms with Crippen molar-refractivity contribution >= 4 is 0 Å². The molecule has 0 spiro atoms. The molecule has 0 nitrogen and oxygen atoms in total. The molecule has 0 heteroatoms. The molecule has 2 aromatic carbocycles. The maximum absolute atomic E-state index is 2.26. The molecule has 0 saturated heterocycles. The molecule has 0 atom stereocenters. The zero-order valence-corrected chi connectivity index (χ0v) is 16.3. The second kappa shape index (κ2) is 12.8. The minimum Gasteiger partial charge on any atom is -0.0651 e. The first kappa shape index (κ1) is 20.5. The van der Waals surface area contributed by atoms with Crippen LogP contribution in [0, 0.1) is 0 Å². The van der Waals surface area contributed by atoms with Gasteiger partial charge >= 0.3 is 0 Å². The summed E-state index contributed by atoms with van der Waals surface area (Å²) in [5.41, 5.74) is 5.88. The molecule has 24 heavy (non-hydrogen) atoms. The van der Waals surface area contributed by atoms with Gasteiger partial charge < -0.3 is 0 Å². The number of hydrogen-bond acceptors (Lipinski definition) is 0. The third-order valence-electron chi connectivity index (χ3n) is 4.20. The van der Waals surface area contributed by atoms with Crippen LogP contribution in [-0.4, -0.2) is 0 Å². The topological polar surface area (TPSA) is 0 Å². The molecule has 0 heterocycles. The molecule has 132 valence electrons. The van der Waals surface area contributed by atoms with E-state index >= 15 is 0 Å². The largest absolute Gasteiger partial charge is 0.0651 e. The van der Waals surface area contributed by atoms with Gasteiger partial charge in [-0.25, -0.2) is 0 Å². The van der Waals surface area contributed by atoms with Crippen molar-refractivity contribution in [2.45, 2.75) is 79.1 Å². The molecule has 2 aromatic rings. The van der Waals surface area contributed by atoms with E-state index in [1.165, 1.54) is 73.6 Å². The van der Waals surface area contributed by atoms with E-state index in [0.29, 0.717) is 0 Å². The lowest BCUT2D eigenvalue weighted by Crippen LogP contribution is -1.85. The van der Waals surface area contributed by atoms with Crippen LogP contribution in [0.15, 0.2) is 48.5 Å². The van der Waals surface area contributed by atoms with Crippen LogP contribution in [0.2, 0.25) is 0 Å². The van der Waals surface area contributed by atoms with Crippen molar-refractivity contribution in [2.24, 2.45) is 0 Å². The molecule has 0 aliphatic rings. The molecule has 2 rings (SSSR count). The van der Waals surface area contributed by atoms with E-state index < -0.39 is 0 Å². The van der Waals surface area contributed by atoms with Crippen LogP contribution in [0.5, 0.6) is 0 Å². The molecule has 0 N–H and O–H groups in total. The zero-order valence-electron chi connectivity index (χ0n) is 16.3. The molecule has 0 aliphatic heterocycles. The minimum atomic E-state index is 1.21. The van der Waals surface area contributed by atoms with Gasteiger partial charge in [0, 0.05) is 0 Å². The van der Waals surface area contributed by atoms with Crippen LogP contribution in [-0.2, 0) is 25.7 Å². The van der Waals surface area contributed by atoms with E-state index in [1.807, 2.05) is 0 Å². The Hall–Kier alpha value is -1.56. The number of hydrogen-bond donors (Lipinski definition) is 0. The van der Waals surface area contributed by atoms with Crippen LogP contribution in [0.25, 0.3) is 0 Å². The summed E-state index contributed by atoms with van der Waals surface area (Å²) in [6.45, 7) is 8.89. The first-order valence-corrected chi connectivity index (χ1v) is 9.89. The van der Waals surface area contributed by atoms with Gasteiger partial charge in [-0.05, 0) is 47.9 Å². The second-order valence-electron chi connectivity index (χ2n) is 6.63. The normalized spacial score (nSPS) is 10.2. The molecular weight excluding hydrogens is 288 g/mol.